The Hall–Kier alpha value is -1.75. The molecule has 0 spiro atoms. The van der Waals surface area contributed by atoms with Gasteiger partial charge in [-0.25, -0.2) is 4.98 Å². The van der Waals surface area contributed by atoms with Crippen molar-refractivity contribution in [2.75, 3.05) is 5.32 Å². The van der Waals surface area contributed by atoms with E-state index in [9.17, 15) is 0 Å². The van der Waals surface area contributed by atoms with Crippen LogP contribution in [0.4, 0.5) is 5.95 Å². The van der Waals surface area contributed by atoms with Gasteiger partial charge in [-0.1, -0.05) is 54.2 Å². The Kier molecular flexibility index (Phi) is 5.07. The van der Waals surface area contributed by atoms with Gasteiger partial charge in [-0.15, -0.1) is 0 Å². The minimum absolute atomic E-state index is 0.169. The van der Waals surface area contributed by atoms with Gasteiger partial charge in [-0.2, -0.15) is 0 Å². The summed E-state index contributed by atoms with van der Waals surface area (Å²) >= 11 is 12.3. The zero-order valence-electron chi connectivity index (χ0n) is 14.5. The fourth-order valence-corrected chi connectivity index (χ4v) is 3.99. The zero-order chi connectivity index (χ0) is 18.1. The fraction of sp³-hybridized carbons (Fsp3) is 0.350. The minimum atomic E-state index is 0.169. The molecule has 136 valence electrons. The van der Waals surface area contributed by atoms with Crippen molar-refractivity contribution in [1.82, 2.24) is 9.55 Å². The molecule has 0 aliphatic heterocycles. The first kappa shape index (κ1) is 17.7. The van der Waals surface area contributed by atoms with Crippen molar-refractivity contribution in [3.8, 4) is 0 Å². The third-order valence-corrected chi connectivity index (χ3v) is 5.85. The summed E-state index contributed by atoms with van der Waals surface area (Å²) in [4.78, 5) is 4.81. The molecule has 0 bridgehead atoms. The van der Waals surface area contributed by atoms with Crippen LogP contribution in [0.3, 0.4) is 0 Å². The SMILES string of the molecule is N[C@H]1CCCC[C@H]1Nc1nc2ccccc2n1Cc1ccc(Cl)c(Cl)c1. The number of nitrogens with zero attached hydrogens (tertiary/aromatic N) is 2. The molecule has 26 heavy (non-hydrogen) atoms. The molecule has 0 saturated heterocycles. The molecule has 6 heteroatoms. The molecule has 1 aliphatic carbocycles. The van der Waals surface area contributed by atoms with Crippen LogP contribution in [-0.2, 0) is 6.54 Å². The third-order valence-electron chi connectivity index (χ3n) is 5.11. The van der Waals surface area contributed by atoms with E-state index < -0.39 is 0 Å². The van der Waals surface area contributed by atoms with E-state index >= 15 is 0 Å². The number of aromatic nitrogens is 2. The highest BCUT2D eigenvalue weighted by Crippen LogP contribution is 2.27. The maximum atomic E-state index is 6.33. The Bertz CT molecular complexity index is 921. The summed E-state index contributed by atoms with van der Waals surface area (Å²) in [6, 6.07) is 14.3. The molecule has 3 aromatic rings. The number of nitrogens with one attached hydrogen (secondary N) is 1. The Labute approximate surface area is 163 Å². The molecule has 2 atom stereocenters. The third kappa shape index (κ3) is 3.54. The lowest BCUT2D eigenvalue weighted by Gasteiger charge is -2.29. The first-order valence-corrected chi connectivity index (χ1v) is 9.79. The normalized spacial score (nSPS) is 20.4. The maximum Gasteiger partial charge on any atom is 0.204 e. The van der Waals surface area contributed by atoms with Crippen LogP contribution in [-0.4, -0.2) is 21.6 Å². The first-order chi connectivity index (χ1) is 12.6. The van der Waals surface area contributed by atoms with Gasteiger partial charge >= 0.3 is 0 Å². The lowest BCUT2D eigenvalue weighted by atomic mass is 9.91. The van der Waals surface area contributed by atoms with Crippen LogP contribution >= 0.6 is 23.2 Å². The average Bonchev–Trinajstić information content (AvgIpc) is 2.98. The van der Waals surface area contributed by atoms with Crippen molar-refractivity contribution in [3.05, 3.63) is 58.1 Å². The van der Waals surface area contributed by atoms with Crippen molar-refractivity contribution < 1.29 is 0 Å². The predicted octanol–water partition coefficient (Wildman–Crippen LogP) is 5.07. The quantitative estimate of drug-likeness (QED) is 0.655. The van der Waals surface area contributed by atoms with E-state index in [0.717, 1.165) is 35.4 Å². The van der Waals surface area contributed by atoms with Crippen molar-refractivity contribution in [1.29, 1.82) is 0 Å². The fourth-order valence-electron chi connectivity index (χ4n) is 3.67. The molecular weight excluding hydrogens is 367 g/mol. The summed E-state index contributed by atoms with van der Waals surface area (Å²) in [5, 5.41) is 4.74. The number of imidazole rings is 1. The molecule has 2 aromatic carbocycles. The molecular formula is C20H22Cl2N4. The minimum Gasteiger partial charge on any atom is -0.351 e. The molecule has 0 unspecified atom stereocenters. The molecule has 0 amide bonds. The van der Waals surface area contributed by atoms with E-state index in [0.29, 0.717) is 16.6 Å². The van der Waals surface area contributed by atoms with Crippen LogP contribution in [0.1, 0.15) is 31.2 Å². The van der Waals surface area contributed by atoms with Crippen LogP contribution in [0.2, 0.25) is 10.0 Å². The second-order valence-corrected chi connectivity index (χ2v) is 7.77. The van der Waals surface area contributed by atoms with Gasteiger partial charge in [0.2, 0.25) is 5.95 Å². The number of anilines is 1. The Balaban J connectivity index is 1.70. The number of nitrogens with two attached hydrogens (primary N) is 1. The maximum absolute atomic E-state index is 6.33. The van der Waals surface area contributed by atoms with Gasteiger partial charge in [0.1, 0.15) is 0 Å². The van der Waals surface area contributed by atoms with Gasteiger partial charge < -0.3 is 15.6 Å². The second kappa shape index (κ2) is 7.47. The summed E-state index contributed by atoms with van der Waals surface area (Å²) < 4.78 is 2.19. The standard InChI is InChI=1S/C20H22Cl2N4/c21-14-10-9-13(11-15(14)22)12-26-19-8-4-3-7-18(19)25-20(26)24-17-6-2-1-5-16(17)23/h3-4,7-11,16-17H,1-2,5-6,12,23H2,(H,24,25)/t16-,17+/m0/s1. The Morgan fingerprint density at radius 2 is 1.88 bits per heavy atom. The number of hydrogen-bond donors (Lipinski definition) is 2. The van der Waals surface area contributed by atoms with Crippen LogP contribution in [0.15, 0.2) is 42.5 Å². The zero-order valence-corrected chi connectivity index (χ0v) is 16.0. The summed E-state index contributed by atoms with van der Waals surface area (Å²) in [7, 11) is 0. The van der Waals surface area contributed by atoms with Crippen LogP contribution in [0.25, 0.3) is 11.0 Å². The van der Waals surface area contributed by atoms with Crippen molar-refractivity contribution in [2.45, 2.75) is 44.3 Å². The van der Waals surface area contributed by atoms with Gasteiger partial charge in [0, 0.05) is 12.1 Å². The highest BCUT2D eigenvalue weighted by atomic mass is 35.5. The van der Waals surface area contributed by atoms with Crippen LogP contribution in [0, 0.1) is 0 Å². The number of para-hydroxylation sites is 2. The van der Waals surface area contributed by atoms with E-state index in [1.165, 1.54) is 12.8 Å². The summed E-state index contributed by atoms with van der Waals surface area (Å²) in [5.41, 5.74) is 9.47. The summed E-state index contributed by atoms with van der Waals surface area (Å²) in [6.07, 6.45) is 4.55. The van der Waals surface area contributed by atoms with Gasteiger partial charge in [0.05, 0.1) is 27.6 Å². The molecule has 1 saturated carbocycles. The average molecular weight is 389 g/mol. The van der Waals surface area contributed by atoms with E-state index in [1.54, 1.807) is 0 Å². The summed E-state index contributed by atoms with van der Waals surface area (Å²) in [6.45, 7) is 0.668. The van der Waals surface area contributed by atoms with Gasteiger partial charge in [-0.3, -0.25) is 0 Å². The molecule has 3 N–H and O–H groups in total. The topological polar surface area (TPSA) is 55.9 Å². The van der Waals surface area contributed by atoms with Crippen LogP contribution in [0.5, 0.6) is 0 Å². The predicted molar refractivity (Wildman–Crippen MR) is 109 cm³/mol. The molecule has 1 heterocycles. The van der Waals surface area contributed by atoms with E-state index in [4.69, 9.17) is 33.9 Å². The summed E-state index contributed by atoms with van der Waals surface area (Å²) in [5.74, 6) is 0.861. The number of halogens is 2. The Morgan fingerprint density at radius 3 is 2.69 bits per heavy atom. The molecule has 0 radical (unpaired) electrons. The van der Waals surface area contributed by atoms with Crippen molar-refractivity contribution in [3.63, 3.8) is 0 Å². The second-order valence-electron chi connectivity index (χ2n) is 6.96. The van der Waals surface area contributed by atoms with Crippen LogP contribution < -0.4 is 11.1 Å². The van der Waals surface area contributed by atoms with Gasteiger partial charge in [-0.05, 0) is 42.7 Å². The van der Waals surface area contributed by atoms with Gasteiger partial charge in [0.15, 0.2) is 0 Å². The number of fused-ring (bicyclic) bond motifs is 1. The smallest absolute Gasteiger partial charge is 0.204 e. The lowest BCUT2D eigenvalue weighted by Crippen LogP contribution is -2.43. The number of rotatable bonds is 4. The van der Waals surface area contributed by atoms with E-state index in [-0.39, 0.29) is 12.1 Å². The molecule has 4 nitrogen and oxygen atoms in total. The molecule has 1 aromatic heterocycles. The number of hydrogen-bond acceptors (Lipinski definition) is 3. The van der Waals surface area contributed by atoms with E-state index in [1.807, 2.05) is 36.4 Å². The molecule has 4 rings (SSSR count). The van der Waals surface area contributed by atoms with Crippen molar-refractivity contribution in [2.24, 2.45) is 5.73 Å². The van der Waals surface area contributed by atoms with Crippen molar-refractivity contribution >= 4 is 40.2 Å². The molecule has 1 aliphatic rings. The number of benzene rings is 2. The highest BCUT2D eigenvalue weighted by molar-refractivity contribution is 6.42. The lowest BCUT2D eigenvalue weighted by molar-refractivity contribution is 0.401. The Morgan fingerprint density at radius 1 is 1.08 bits per heavy atom. The monoisotopic (exact) mass is 388 g/mol. The van der Waals surface area contributed by atoms with Gasteiger partial charge in [0.25, 0.3) is 0 Å². The first-order valence-electron chi connectivity index (χ1n) is 9.03. The van der Waals surface area contributed by atoms with E-state index in [2.05, 4.69) is 16.0 Å². The molecule has 1 fully saturated rings. The largest absolute Gasteiger partial charge is 0.351 e. The highest BCUT2D eigenvalue weighted by Gasteiger charge is 2.23.